The molecule has 1 fully saturated rings. The largest absolute Gasteiger partial charge is 0.493 e. The summed E-state index contributed by atoms with van der Waals surface area (Å²) in [6.45, 7) is 4.91. The van der Waals surface area contributed by atoms with Crippen molar-refractivity contribution in [1.29, 1.82) is 0 Å². The molecule has 1 aromatic carbocycles. The minimum absolute atomic E-state index is 0.0743. The zero-order chi connectivity index (χ0) is 15.2. The van der Waals surface area contributed by atoms with Gasteiger partial charge in [-0.25, -0.2) is 0 Å². The highest BCUT2D eigenvalue weighted by Gasteiger charge is 2.24. The van der Waals surface area contributed by atoms with Gasteiger partial charge in [0, 0.05) is 17.8 Å². The van der Waals surface area contributed by atoms with E-state index in [0.29, 0.717) is 42.3 Å². The Morgan fingerprint density at radius 2 is 2.00 bits per heavy atom. The van der Waals surface area contributed by atoms with Crippen molar-refractivity contribution in [3.05, 3.63) is 24.3 Å². The van der Waals surface area contributed by atoms with E-state index in [1.54, 1.807) is 6.07 Å². The summed E-state index contributed by atoms with van der Waals surface area (Å²) in [4.78, 5) is 12.0. The van der Waals surface area contributed by atoms with E-state index in [0.717, 1.165) is 12.8 Å². The SMILES string of the molecule is CC1CC(C)CC(NC(=O)CCOc2cccc(N)c2)C1. The number of benzene rings is 1. The summed E-state index contributed by atoms with van der Waals surface area (Å²) in [6, 6.07) is 7.59. The van der Waals surface area contributed by atoms with Crippen LogP contribution in [0.25, 0.3) is 0 Å². The van der Waals surface area contributed by atoms with E-state index >= 15 is 0 Å². The number of carbonyl (C=O) groups excluding carboxylic acids is 1. The molecule has 0 saturated heterocycles. The van der Waals surface area contributed by atoms with Gasteiger partial charge in [-0.05, 0) is 43.2 Å². The maximum absolute atomic E-state index is 12.0. The van der Waals surface area contributed by atoms with Gasteiger partial charge in [-0.1, -0.05) is 19.9 Å². The van der Waals surface area contributed by atoms with Crippen LogP contribution in [0.2, 0.25) is 0 Å². The van der Waals surface area contributed by atoms with Crippen LogP contribution in [0.5, 0.6) is 5.75 Å². The normalized spacial score (nSPS) is 25.3. The molecule has 21 heavy (non-hydrogen) atoms. The molecular weight excluding hydrogens is 264 g/mol. The Hall–Kier alpha value is -1.71. The molecule has 1 amide bonds. The molecule has 0 bridgehead atoms. The highest BCUT2D eigenvalue weighted by Crippen LogP contribution is 2.28. The number of anilines is 1. The standard InChI is InChI=1S/C17H26N2O2/c1-12-8-13(2)10-15(9-12)19-17(20)6-7-21-16-5-3-4-14(18)11-16/h3-5,11-13,15H,6-10,18H2,1-2H3,(H,19,20). The maximum atomic E-state index is 12.0. The van der Waals surface area contributed by atoms with Gasteiger partial charge in [0.2, 0.25) is 5.91 Å². The quantitative estimate of drug-likeness (QED) is 0.819. The Morgan fingerprint density at radius 1 is 1.29 bits per heavy atom. The van der Waals surface area contributed by atoms with Crippen molar-refractivity contribution < 1.29 is 9.53 Å². The second kappa shape index (κ2) is 7.34. The van der Waals surface area contributed by atoms with Gasteiger partial charge >= 0.3 is 0 Å². The average molecular weight is 290 g/mol. The van der Waals surface area contributed by atoms with Crippen molar-refractivity contribution >= 4 is 11.6 Å². The second-order valence-electron chi connectivity index (χ2n) is 6.35. The highest BCUT2D eigenvalue weighted by molar-refractivity contribution is 5.76. The van der Waals surface area contributed by atoms with Crippen LogP contribution in [-0.2, 0) is 4.79 Å². The number of hydrogen-bond acceptors (Lipinski definition) is 3. The van der Waals surface area contributed by atoms with Gasteiger partial charge in [-0.15, -0.1) is 0 Å². The van der Waals surface area contributed by atoms with Crippen molar-refractivity contribution in [2.45, 2.75) is 45.6 Å². The highest BCUT2D eigenvalue weighted by atomic mass is 16.5. The second-order valence-corrected chi connectivity index (χ2v) is 6.35. The predicted molar refractivity (Wildman–Crippen MR) is 85.1 cm³/mol. The average Bonchev–Trinajstić information content (AvgIpc) is 2.37. The van der Waals surface area contributed by atoms with E-state index in [1.165, 1.54) is 6.42 Å². The molecule has 1 aromatic rings. The summed E-state index contributed by atoms with van der Waals surface area (Å²) < 4.78 is 5.55. The van der Waals surface area contributed by atoms with Crippen LogP contribution < -0.4 is 15.8 Å². The third-order valence-electron chi connectivity index (χ3n) is 4.00. The Labute approximate surface area is 127 Å². The van der Waals surface area contributed by atoms with Gasteiger partial charge in [-0.2, -0.15) is 0 Å². The van der Waals surface area contributed by atoms with Crippen molar-refractivity contribution in [3.63, 3.8) is 0 Å². The molecule has 1 aliphatic carbocycles. The molecule has 4 heteroatoms. The summed E-state index contributed by atoms with van der Waals surface area (Å²) in [5, 5.41) is 3.13. The zero-order valence-corrected chi connectivity index (χ0v) is 13.0. The van der Waals surface area contributed by atoms with Crippen LogP contribution >= 0.6 is 0 Å². The number of carbonyl (C=O) groups is 1. The fourth-order valence-corrected chi connectivity index (χ4v) is 3.23. The first kappa shape index (κ1) is 15.7. The first-order valence-corrected chi connectivity index (χ1v) is 7.80. The lowest BCUT2D eigenvalue weighted by molar-refractivity contribution is -0.122. The first-order valence-electron chi connectivity index (χ1n) is 7.80. The predicted octanol–water partition coefficient (Wildman–Crippen LogP) is 2.98. The number of hydrogen-bond donors (Lipinski definition) is 2. The fraction of sp³-hybridized carbons (Fsp3) is 0.588. The zero-order valence-electron chi connectivity index (χ0n) is 13.0. The van der Waals surface area contributed by atoms with Crippen LogP contribution in [0, 0.1) is 11.8 Å². The van der Waals surface area contributed by atoms with Crippen LogP contribution in [-0.4, -0.2) is 18.6 Å². The van der Waals surface area contributed by atoms with Gasteiger partial charge < -0.3 is 15.8 Å². The van der Waals surface area contributed by atoms with Crippen molar-refractivity contribution in [2.75, 3.05) is 12.3 Å². The van der Waals surface area contributed by atoms with Gasteiger partial charge in [-0.3, -0.25) is 4.79 Å². The molecule has 1 aliphatic rings. The lowest BCUT2D eigenvalue weighted by Crippen LogP contribution is -2.40. The minimum Gasteiger partial charge on any atom is -0.493 e. The molecule has 2 rings (SSSR count). The fourth-order valence-electron chi connectivity index (χ4n) is 3.23. The molecule has 2 atom stereocenters. The van der Waals surface area contributed by atoms with Crippen molar-refractivity contribution in [2.24, 2.45) is 11.8 Å². The molecule has 4 nitrogen and oxygen atoms in total. The molecule has 0 aliphatic heterocycles. The lowest BCUT2D eigenvalue weighted by atomic mass is 9.80. The number of amides is 1. The van der Waals surface area contributed by atoms with Gasteiger partial charge in [0.05, 0.1) is 13.0 Å². The van der Waals surface area contributed by atoms with E-state index < -0.39 is 0 Å². The van der Waals surface area contributed by atoms with E-state index in [-0.39, 0.29) is 5.91 Å². The van der Waals surface area contributed by atoms with Crippen LogP contribution in [0.15, 0.2) is 24.3 Å². The molecule has 2 unspecified atom stereocenters. The van der Waals surface area contributed by atoms with Gasteiger partial charge in [0.25, 0.3) is 0 Å². The molecule has 0 aromatic heterocycles. The summed E-state index contributed by atoms with van der Waals surface area (Å²) in [5.41, 5.74) is 6.35. The van der Waals surface area contributed by atoms with E-state index in [4.69, 9.17) is 10.5 Å². The summed E-state index contributed by atoms with van der Waals surface area (Å²) in [5.74, 6) is 2.18. The third-order valence-corrected chi connectivity index (χ3v) is 4.00. The maximum Gasteiger partial charge on any atom is 0.223 e. The smallest absolute Gasteiger partial charge is 0.223 e. The number of ether oxygens (including phenoxy) is 1. The Kier molecular flexibility index (Phi) is 5.48. The third kappa shape index (κ3) is 5.29. The van der Waals surface area contributed by atoms with Crippen molar-refractivity contribution in [3.8, 4) is 5.75 Å². The van der Waals surface area contributed by atoms with E-state index in [2.05, 4.69) is 19.2 Å². The van der Waals surface area contributed by atoms with Gasteiger partial charge in [0.1, 0.15) is 5.75 Å². The Balaban J connectivity index is 1.70. The van der Waals surface area contributed by atoms with E-state index in [9.17, 15) is 4.79 Å². The molecular formula is C17H26N2O2. The van der Waals surface area contributed by atoms with Crippen LogP contribution in [0.3, 0.4) is 0 Å². The topological polar surface area (TPSA) is 64.3 Å². The summed E-state index contributed by atoms with van der Waals surface area (Å²) >= 11 is 0. The van der Waals surface area contributed by atoms with Gasteiger partial charge in [0.15, 0.2) is 0 Å². The number of nitrogen functional groups attached to an aromatic ring is 1. The first-order chi connectivity index (χ1) is 10.0. The van der Waals surface area contributed by atoms with Crippen molar-refractivity contribution in [1.82, 2.24) is 5.32 Å². The molecule has 116 valence electrons. The van der Waals surface area contributed by atoms with Crippen LogP contribution in [0.1, 0.15) is 39.5 Å². The monoisotopic (exact) mass is 290 g/mol. The lowest BCUT2D eigenvalue weighted by Gasteiger charge is -2.31. The molecule has 0 spiro atoms. The summed E-state index contributed by atoms with van der Waals surface area (Å²) in [7, 11) is 0. The number of rotatable bonds is 5. The van der Waals surface area contributed by atoms with Crippen LogP contribution in [0.4, 0.5) is 5.69 Å². The summed E-state index contributed by atoms with van der Waals surface area (Å²) in [6.07, 6.45) is 3.83. The number of nitrogens with two attached hydrogens (primary N) is 1. The van der Waals surface area contributed by atoms with E-state index in [1.807, 2.05) is 18.2 Å². The minimum atomic E-state index is 0.0743. The molecule has 1 saturated carbocycles. The molecule has 3 N–H and O–H groups in total. The molecule has 0 heterocycles. The Bertz CT molecular complexity index is 466. The molecule has 0 radical (unpaired) electrons. The Morgan fingerprint density at radius 3 is 2.67 bits per heavy atom. The number of nitrogens with one attached hydrogen (secondary N) is 1.